The van der Waals surface area contributed by atoms with Crippen LogP contribution in [0.4, 0.5) is 11.5 Å². The number of nitrogens with one attached hydrogen (secondary N) is 1. The predicted octanol–water partition coefficient (Wildman–Crippen LogP) is 3.88. The van der Waals surface area contributed by atoms with Gasteiger partial charge in [0.25, 0.3) is 0 Å². The van der Waals surface area contributed by atoms with Crippen molar-refractivity contribution in [1.82, 2.24) is 14.5 Å². The summed E-state index contributed by atoms with van der Waals surface area (Å²) in [5, 5.41) is 25.1. The van der Waals surface area contributed by atoms with Crippen LogP contribution in [0.3, 0.4) is 0 Å². The molecule has 0 amide bonds. The first-order chi connectivity index (χ1) is 16.1. The van der Waals surface area contributed by atoms with E-state index in [-0.39, 0.29) is 0 Å². The Balaban J connectivity index is 1.65. The van der Waals surface area contributed by atoms with Crippen molar-refractivity contribution in [2.45, 2.75) is 38.4 Å². The molecule has 4 atom stereocenters. The second kappa shape index (κ2) is 8.82. The van der Waals surface area contributed by atoms with Crippen molar-refractivity contribution < 1.29 is 19.7 Å². The Morgan fingerprint density at radius 1 is 1.06 bits per heavy atom. The summed E-state index contributed by atoms with van der Waals surface area (Å²) in [4.78, 5) is 9.04. The maximum atomic E-state index is 10.6. The number of hydrogen-bond donors (Lipinski definition) is 3. The Kier molecular flexibility index (Phi) is 5.72. The van der Waals surface area contributed by atoms with Gasteiger partial charge >= 0.3 is 0 Å². The molecule has 8 heteroatoms. The minimum Gasteiger partial charge on any atom is -0.494 e. The summed E-state index contributed by atoms with van der Waals surface area (Å²) >= 11 is 0. The fourth-order valence-electron chi connectivity index (χ4n) is 4.23. The van der Waals surface area contributed by atoms with Crippen molar-refractivity contribution in [3.8, 4) is 16.9 Å². The maximum Gasteiger partial charge on any atom is 0.164 e. The van der Waals surface area contributed by atoms with Gasteiger partial charge in [-0.3, -0.25) is 0 Å². The number of anilines is 2. The topological polar surface area (TPSA) is 102 Å². The fourth-order valence-corrected chi connectivity index (χ4v) is 4.23. The summed E-state index contributed by atoms with van der Waals surface area (Å²) < 4.78 is 13.3. The number of fused-ring (bicyclic) bond motifs is 1. The molecule has 1 aliphatic rings. The molecule has 0 bridgehead atoms. The van der Waals surface area contributed by atoms with E-state index in [4.69, 9.17) is 9.47 Å². The van der Waals surface area contributed by atoms with Gasteiger partial charge in [-0.1, -0.05) is 36.4 Å². The predicted molar refractivity (Wildman–Crippen MR) is 125 cm³/mol. The third-order valence-electron chi connectivity index (χ3n) is 5.85. The highest BCUT2D eigenvalue weighted by molar-refractivity contribution is 6.02. The highest BCUT2D eigenvalue weighted by Gasteiger charge is 2.42. The van der Waals surface area contributed by atoms with Crippen LogP contribution in [0.5, 0.6) is 5.75 Å². The zero-order valence-corrected chi connectivity index (χ0v) is 18.4. The van der Waals surface area contributed by atoms with Gasteiger partial charge < -0.3 is 29.6 Å². The summed E-state index contributed by atoms with van der Waals surface area (Å²) in [7, 11) is 0. The molecule has 0 aliphatic carbocycles. The van der Waals surface area contributed by atoms with Gasteiger partial charge in [0.2, 0.25) is 0 Å². The van der Waals surface area contributed by atoms with Crippen LogP contribution >= 0.6 is 0 Å². The molecule has 2 aromatic carbocycles. The second-order valence-electron chi connectivity index (χ2n) is 8.04. The molecule has 33 heavy (non-hydrogen) atoms. The number of rotatable bonds is 6. The zero-order valence-electron chi connectivity index (χ0n) is 18.4. The van der Waals surface area contributed by atoms with Crippen LogP contribution < -0.4 is 10.1 Å². The number of aliphatic hydroxyl groups excluding tert-OH is 2. The summed E-state index contributed by atoms with van der Waals surface area (Å²) in [6.07, 6.45) is 0.0581. The Bertz CT molecular complexity index is 1260. The third-order valence-corrected chi connectivity index (χ3v) is 5.85. The average molecular weight is 447 g/mol. The largest absolute Gasteiger partial charge is 0.494 e. The van der Waals surface area contributed by atoms with Crippen molar-refractivity contribution in [1.29, 1.82) is 0 Å². The van der Waals surface area contributed by atoms with Gasteiger partial charge in [0.15, 0.2) is 6.23 Å². The van der Waals surface area contributed by atoms with Gasteiger partial charge in [-0.2, -0.15) is 0 Å². The molecule has 2 aromatic heterocycles. The lowest BCUT2D eigenvalue weighted by Gasteiger charge is -2.17. The zero-order chi connectivity index (χ0) is 22.9. The van der Waals surface area contributed by atoms with Crippen molar-refractivity contribution in [2.24, 2.45) is 0 Å². The Morgan fingerprint density at radius 2 is 1.88 bits per heavy atom. The third kappa shape index (κ3) is 3.93. The molecule has 5 rings (SSSR count). The Labute approximate surface area is 191 Å². The molecular formula is C25H26N4O4. The highest BCUT2D eigenvalue weighted by Crippen LogP contribution is 2.39. The molecule has 1 saturated heterocycles. The molecule has 3 N–H and O–H groups in total. The molecular weight excluding hydrogens is 420 g/mol. The number of nitrogens with zero attached hydrogens (tertiary/aromatic N) is 3. The van der Waals surface area contributed by atoms with Gasteiger partial charge in [0, 0.05) is 23.5 Å². The van der Waals surface area contributed by atoms with E-state index in [0.717, 1.165) is 28.0 Å². The monoisotopic (exact) mass is 446 g/mol. The van der Waals surface area contributed by atoms with Crippen molar-refractivity contribution in [3.63, 3.8) is 0 Å². The number of ether oxygens (including phenoxy) is 2. The van der Waals surface area contributed by atoms with E-state index >= 15 is 0 Å². The first-order valence-corrected chi connectivity index (χ1v) is 11.0. The maximum absolute atomic E-state index is 10.6. The van der Waals surface area contributed by atoms with E-state index < -0.39 is 24.5 Å². The van der Waals surface area contributed by atoms with E-state index in [0.29, 0.717) is 18.1 Å². The quantitative estimate of drug-likeness (QED) is 0.413. The number of hydrogen-bond acceptors (Lipinski definition) is 7. The first-order valence-electron chi connectivity index (χ1n) is 11.0. The average Bonchev–Trinajstić information content (AvgIpc) is 3.34. The normalized spacial score (nSPS) is 22.5. The lowest BCUT2D eigenvalue weighted by Crippen LogP contribution is -2.30. The van der Waals surface area contributed by atoms with E-state index in [1.54, 1.807) is 11.5 Å². The van der Waals surface area contributed by atoms with Crippen molar-refractivity contribution in [2.75, 3.05) is 11.9 Å². The lowest BCUT2D eigenvalue weighted by atomic mass is 10.1. The summed E-state index contributed by atoms with van der Waals surface area (Å²) in [5.74, 6) is 1.38. The van der Waals surface area contributed by atoms with Gasteiger partial charge in [0.05, 0.1) is 18.1 Å². The Morgan fingerprint density at radius 3 is 2.61 bits per heavy atom. The van der Waals surface area contributed by atoms with Crippen LogP contribution in [0.25, 0.3) is 22.2 Å². The van der Waals surface area contributed by atoms with E-state index in [2.05, 4.69) is 15.3 Å². The van der Waals surface area contributed by atoms with Crippen molar-refractivity contribution >= 4 is 22.5 Å². The lowest BCUT2D eigenvalue weighted by molar-refractivity contribution is -0.0295. The number of aliphatic hydroxyl groups is 2. The van der Waals surface area contributed by atoms with Gasteiger partial charge in [0.1, 0.15) is 35.7 Å². The minimum atomic E-state index is -1.08. The van der Waals surface area contributed by atoms with Crippen LogP contribution in [-0.4, -0.2) is 49.7 Å². The SMILES string of the molecule is CCOc1cccc(Nc2ncnc3c2c(-c2ccccc2)cn3[C@@H]2O[C@H](C)[C@@H](O)[C@H]2O)c1. The van der Waals surface area contributed by atoms with Crippen LogP contribution in [0.15, 0.2) is 67.1 Å². The molecule has 0 spiro atoms. The summed E-state index contributed by atoms with van der Waals surface area (Å²) in [6, 6.07) is 17.6. The number of aromatic nitrogens is 3. The standard InChI is InChI=1S/C25H26N4O4/c1-3-32-18-11-7-10-17(12-18)28-23-20-19(16-8-5-4-6-9-16)13-29(24(20)27-14-26-23)25-22(31)21(30)15(2)33-25/h4-15,21-22,25,30-31H,3H2,1-2H3,(H,26,27,28)/t15-,21-,22-,25-/m1/s1. The minimum absolute atomic E-state index is 0.497. The highest BCUT2D eigenvalue weighted by atomic mass is 16.6. The summed E-state index contributed by atoms with van der Waals surface area (Å²) in [6.45, 7) is 4.27. The van der Waals surface area contributed by atoms with Crippen molar-refractivity contribution in [3.05, 3.63) is 67.1 Å². The van der Waals surface area contributed by atoms with Crippen LogP contribution in [-0.2, 0) is 4.74 Å². The van der Waals surface area contributed by atoms with Gasteiger partial charge in [-0.25, -0.2) is 9.97 Å². The molecule has 0 saturated carbocycles. The molecule has 3 heterocycles. The molecule has 170 valence electrons. The van der Waals surface area contributed by atoms with Gasteiger partial charge in [-0.05, 0) is 31.5 Å². The fraction of sp³-hybridized carbons (Fsp3) is 0.280. The van der Waals surface area contributed by atoms with E-state index in [1.165, 1.54) is 6.33 Å². The molecule has 0 radical (unpaired) electrons. The van der Waals surface area contributed by atoms with Gasteiger partial charge in [-0.15, -0.1) is 0 Å². The number of benzene rings is 2. The molecule has 1 aliphatic heterocycles. The van der Waals surface area contributed by atoms with Crippen LogP contribution in [0.2, 0.25) is 0 Å². The second-order valence-corrected chi connectivity index (χ2v) is 8.04. The van der Waals surface area contributed by atoms with E-state index in [1.807, 2.05) is 67.7 Å². The van der Waals surface area contributed by atoms with E-state index in [9.17, 15) is 10.2 Å². The molecule has 8 nitrogen and oxygen atoms in total. The molecule has 4 aromatic rings. The van der Waals surface area contributed by atoms with Crippen LogP contribution in [0.1, 0.15) is 20.1 Å². The molecule has 0 unspecified atom stereocenters. The molecule has 1 fully saturated rings. The summed E-state index contributed by atoms with van der Waals surface area (Å²) in [5.41, 5.74) is 3.29. The smallest absolute Gasteiger partial charge is 0.164 e. The van der Waals surface area contributed by atoms with Crippen LogP contribution in [0, 0.1) is 0 Å². The Hall–Kier alpha value is -3.46. The first kappa shape index (κ1) is 21.4.